The Morgan fingerprint density at radius 1 is 1.13 bits per heavy atom. The number of carbonyl (C=O) groups excluding carboxylic acids is 1. The Labute approximate surface area is 90.8 Å². The van der Waals surface area contributed by atoms with Crippen LogP contribution in [0.3, 0.4) is 0 Å². The molecule has 15 heavy (non-hydrogen) atoms. The van der Waals surface area contributed by atoms with E-state index in [1.807, 2.05) is 30.3 Å². The summed E-state index contributed by atoms with van der Waals surface area (Å²) in [5, 5.41) is 0. The van der Waals surface area contributed by atoms with Crippen LogP contribution in [0.5, 0.6) is 0 Å². The molecule has 1 aromatic carbocycles. The van der Waals surface area contributed by atoms with Crippen LogP contribution in [0, 0.1) is 0 Å². The molecule has 0 atom stereocenters. The fourth-order valence-corrected chi connectivity index (χ4v) is 1.99. The average Bonchev–Trinajstić information content (AvgIpc) is 2.31. The minimum Gasteiger partial charge on any atom is -0.294 e. The zero-order valence-corrected chi connectivity index (χ0v) is 8.91. The summed E-state index contributed by atoms with van der Waals surface area (Å²) in [6.45, 7) is 0. The lowest BCUT2D eigenvalue weighted by Crippen LogP contribution is -2.08. The molecule has 2 rings (SSSR count). The molecule has 0 radical (unpaired) electrons. The summed E-state index contributed by atoms with van der Waals surface area (Å²) < 4.78 is 0. The van der Waals surface area contributed by atoms with Crippen molar-refractivity contribution in [3.63, 3.8) is 0 Å². The Morgan fingerprint density at radius 3 is 2.60 bits per heavy atom. The van der Waals surface area contributed by atoms with Gasteiger partial charge in [-0.05, 0) is 36.8 Å². The molecule has 0 saturated carbocycles. The maximum Gasteiger partial charge on any atom is 0.162 e. The molecule has 1 nitrogen and oxygen atoms in total. The quantitative estimate of drug-likeness (QED) is 0.731. The number of allylic oxidation sites excluding steroid dienone is 2. The van der Waals surface area contributed by atoms with E-state index in [1.165, 1.54) is 12.8 Å². The molecule has 1 aliphatic rings. The van der Waals surface area contributed by atoms with Gasteiger partial charge in [0, 0.05) is 6.42 Å². The van der Waals surface area contributed by atoms with Gasteiger partial charge in [-0.3, -0.25) is 4.79 Å². The number of Topliss-reactive ketones (excluding diaryl/α,β-unsaturated/α-hetero) is 1. The van der Waals surface area contributed by atoms with Crippen LogP contribution in [0.1, 0.15) is 31.2 Å². The van der Waals surface area contributed by atoms with Gasteiger partial charge in [0.05, 0.1) is 0 Å². The van der Waals surface area contributed by atoms with Gasteiger partial charge in [0.15, 0.2) is 5.78 Å². The van der Waals surface area contributed by atoms with Gasteiger partial charge < -0.3 is 0 Å². The minimum absolute atomic E-state index is 0.306. The first-order chi connectivity index (χ1) is 7.36. The summed E-state index contributed by atoms with van der Waals surface area (Å²) >= 11 is 0. The van der Waals surface area contributed by atoms with E-state index >= 15 is 0 Å². The molecule has 1 heteroatoms. The normalized spacial score (nSPS) is 15.9. The molecule has 0 unspecified atom stereocenters. The number of carbonyl (C=O) groups is 1. The molecule has 1 aliphatic carbocycles. The molecule has 0 aromatic heterocycles. The minimum atomic E-state index is 0.306. The monoisotopic (exact) mass is 200 g/mol. The molecule has 1 aromatic rings. The third-order valence-corrected chi connectivity index (χ3v) is 2.86. The van der Waals surface area contributed by atoms with E-state index in [1.54, 1.807) is 0 Å². The number of rotatable bonds is 3. The van der Waals surface area contributed by atoms with Crippen LogP contribution in [0.15, 0.2) is 42.0 Å². The maximum atomic E-state index is 11.9. The third kappa shape index (κ3) is 2.79. The van der Waals surface area contributed by atoms with E-state index in [0.29, 0.717) is 12.2 Å². The van der Waals surface area contributed by atoms with Crippen LogP contribution < -0.4 is 0 Å². The van der Waals surface area contributed by atoms with Crippen molar-refractivity contribution in [1.82, 2.24) is 0 Å². The third-order valence-electron chi connectivity index (χ3n) is 2.86. The molecular formula is C14H16O. The zero-order valence-electron chi connectivity index (χ0n) is 8.91. The number of hydrogen-bond acceptors (Lipinski definition) is 1. The van der Waals surface area contributed by atoms with Gasteiger partial charge in [-0.25, -0.2) is 0 Å². The van der Waals surface area contributed by atoms with E-state index in [9.17, 15) is 4.79 Å². The first-order valence-corrected chi connectivity index (χ1v) is 5.62. The van der Waals surface area contributed by atoms with E-state index < -0.39 is 0 Å². The van der Waals surface area contributed by atoms with Gasteiger partial charge in [-0.1, -0.05) is 36.4 Å². The predicted molar refractivity (Wildman–Crippen MR) is 61.7 cm³/mol. The standard InChI is InChI=1S/C14H16O/c15-14(13-9-5-2-6-10-13)11-12-7-3-1-4-8-12/h1,3-4,7-9H,2,5-6,10-11H2. The number of benzene rings is 1. The fraction of sp³-hybridized carbons (Fsp3) is 0.357. The summed E-state index contributed by atoms with van der Waals surface area (Å²) in [5.41, 5.74) is 2.17. The van der Waals surface area contributed by atoms with Crippen LogP contribution >= 0.6 is 0 Å². The maximum absolute atomic E-state index is 11.9. The van der Waals surface area contributed by atoms with E-state index in [0.717, 1.165) is 24.0 Å². The van der Waals surface area contributed by atoms with Crippen molar-refractivity contribution in [2.45, 2.75) is 32.1 Å². The Bertz CT molecular complexity index is 362. The van der Waals surface area contributed by atoms with Gasteiger partial charge in [-0.2, -0.15) is 0 Å². The van der Waals surface area contributed by atoms with E-state index in [-0.39, 0.29) is 0 Å². The van der Waals surface area contributed by atoms with Gasteiger partial charge in [0.2, 0.25) is 0 Å². The Kier molecular flexibility index (Phi) is 3.33. The number of hydrogen-bond donors (Lipinski definition) is 0. The van der Waals surface area contributed by atoms with Crippen molar-refractivity contribution in [1.29, 1.82) is 0 Å². The Balaban J connectivity index is 2.00. The van der Waals surface area contributed by atoms with Crippen molar-refractivity contribution in [2.24, 2.45) is 0 Å². The Hall–Kier alpha value is -1.37. The van der Waals surface area contributed by atoms with Crippen molar-refractivity contribution in [2.75, 3.05) is 0 Å². The largest absolute Gasteiger partial charge is 0.294 e. The van der Waals surface area contributed by atoms with Crippen LogP contribution in [0.25, 0.3) is 0 Å². The molecule has 78 valence electrons. The van der Waals surface area contributed by atoms with Gasteiger partial charge >= 0.3 is 0 Å². The highest BCUT2D eigenvalue weighted by Gasteiger charge is 2.12. The predicted octanol–water partition coefficient (Wildman–Crippen LogP) is 3.30. The second-order valence-corrected chi connectivity index (χ2v) is 4.06. The molecule has 0 spiro atoms. The first-order valence-electron chi connectivity index (χ1n) is 5.62. The molecule has 0 bridgehead atoms. The molecule has 0 fully saturated rings. The second kappa shape index (κ2) is 4.92. The highest BCUT2D eigenvalue weighted by molar-refractivity contribution is 5.96. The van der Waals surface area contributed by atoms with Gasteiger partial charge in [0.25, 0.3) is 0 Å². The highest BCUT2D eigenvalue weighted by atomic mass is 16.1. The van der Waals surface area contributed by atoms with Crippen LogP contribution in [0.4, 0.5) is 0 Å². The number of ketones is 1. The zero-order chi connectivity index (χ0) is 10.5. The second-order valence-electron chi connectivity index (χ2n) is 4.06. The van der Waals surface area contributed by atoms with Crippen molar-refractivity contribution < 1.29 is 4.79 Å². The molecule has 0 heterocycles. The molecule has 0 amide bonds. The lowest BCUT2D eigenvalue weighted by molar-refractivity contribution is -0.115. The SMILES string of the molecule is O=C(Cc1ccccc1)C1=CCCCC1. The lowest BCUT2D eigenvalue weighted by atomic mass is 9.93. The molecule has 0 N–H and O–H groups in total. The van der Waals surface area contributed by atoms with E-state index in [4.69, 9.17) is 0 Å². The van der Waals surface area contributed by atoms with E-state index in [2.05, 4.69) is 6.08 Å². The summed E-state index contributed by atoms with van der Waals surface area (Å²) in [4.78, 5) is 11.9. The molecule has 0 saturated heterocycles. The summed E-state index contributed by atoms with van der Waals surface area (Å²) in [6, 6.07) is 9.98. The average molecular weight is 200 g/mol. The molecular weight excluding hydrogens is 184 g/mol. The Morgan fingerprint density at radius 2 is 1.93 bits per heavy atom. The van der Waals surface area contributed by atoms with Crippen molar-refractivity contribution >= 4 is 5.78 Å². The summed E-state index contributed by atoms with van der Waals surface area (Å²) in [7, 11) is 0. The highest BCUT2D eigenvalue weighted by Crippen LogP contribution is 2.19. The summed E-state index contributed by atoms with van der Waals surface area (Å²) in [5.74, 6) is 0.306. The van der Waals surface area contributed by atoms with Crippen LogP contribution in [-0.2, 0) is 11.2 Å². The van der Waals surface area contributed by atoms with Crippen LogP contribution in [-0.4, -0.2) is 5.78 Å². The molecule has 0 aliphatic heterocycles. The topological polar surface area (TPSA) is 17.1 Å². The first kappa shape index (κ1) is 10.2. The smallest absolute Gasteiger partial charge is 0.162 e. The van der Waals surface area contributed by atoms with Crippen LogP contribution in [0.2, 0.25) is 0 Å². The van der Waals surface area contributed by atoms with Gasteiger partial charge in [0.1, 0.15) is 0 Å². The summed E-state index contributed by atoms with van der Waals surface area (Å²) in [6.07, 6.45) is 7.15. The fourth-order valence-electron chi connectivity index (χ4n) is 1.99. The lowest BCUT2D eigenvalue weighted by Gasteiger charge is -2.11. The van der Waals surface area contributed by atoms with Gasteiger partial charge in [-0.15, -0.1) is 0 Å². The van der Waals surface area contributed by atoms with Crippen molar-refractivity contribution in [3.8, 4) is 0 Å². The van der Waals surface area contributed by atoms with Crippen molar-refractivity contribution in [3.05, 3.63) is 47.5 Å².